The quantitative estimate of drug-likeness (QED) is 0.608. The van der Waals surface area contributed by atoms with Gasteiger partial charge in [-0.3, -0.25) is 19.3 Å². The zero-order valence-corrected chi connectivity index (χ0v) is 17.8. The molecule has 0 spiro atoms. The molecular weight excluding hydrogens is 421 g/mol. The third-order valence-electron chi connectivity index (χ3n) is 4.62. The van der Waals surface area contributed by atoms with Crippen molar-refractivity contribution < 1.29 is 9.53 Å². The molecule has 28 heavy (non-hydrogen) atoms. The number of ether oxygens (including phenoxy) is 1. The van der Waals surface area contributed by atoms with Crippen LogP contribution in [0.1, 0.15) is 10.5 Å². The van der Waals surface area contributed by atoms with Gasteiger partial charge in [0.1, 0.15) is 11.2 Å². The maximum Gasteiger partial charge on any atom is 0.278 e. The summed E-state index contributed by atoms with van der Waals surface area (Å²) in [6.07, 6.45) is 1.63. The highest BCUT2D eigenvalue weighted by Gasteiger charge is 2.25. The molecule has 10 heteroatoms. The fourth-order valence-corrected chi connectivity index (χ4v) is 4.38. The van der Waals surface area contributed by atoms with Gasteiger partial charge in [0.15, 0.2) is 5.13 Å². The van der Waals surface area contributed by atoms with Gasteiger partial charge >= 0.3 is 0 Å². The number of fused-ring (bicyclic) bond motifs is 1. The highest BCUT2D eigenvalue weighted by molar-refractivity contribution is 7.22. The number of para-hydroxylation sites is 1. The van der Waals surface area contributed by atoms with Crippen molar-refractivity contribution in [1.82, 2.24) is 19.7 Å². The number of halogens is 2. The molecule has 1 saturated heterocycles. The fraction of sp³-hybridized carbons (Fsp3) is 0.389. The molecule has 7 nitrogen and oxygen atoms in total. The highest BCUT2D eigenvalue weighted by Crippen LogP contribution is 2.33. The average Bonchev–Trinajstić information content (AvgIpc) is 3.29. The first kappa shape index (κ1) is 21.0. The summed E-state index contributed by atoms with van der Waals surface area (Å²) in [6.45, 7) is 4.51. The van der Waals surface area contributed by atoms with Crippen molar-refractivity contribution in [1.29, 1.82) is 0 Å². The third-order valence-corrected chi connectivity index (χ3v) is 5.97. The lowest BCUT2D eigenvalue weighted by atomic mass is 10.3. The maximum absolute atomic E-state index is 13.2. The van der Waals surface area contributed by atoms with Gasteiger partial charge in [-0.05, 0) is 18.2 Å². The van der Waals surface area contributed by atoms with E-state index in [0.29, 0.717) is 22.4 Å². The lowest BCUT2D eigenvalue weighted by molar-refractivity contribution is 0.0391. The molecule has 0 aliphatic carbocycles. The molecule has 1 fully saturated rings. The Hall–Kier alpha value is -1.71. The molecule has 0 unspecified atom stereocenters. The second-order valence-corrected chi connectivity index (χ2v) is 7.75. The van der Waals surface area contributed by atoms with Crippen molar-refractivity contribution >= 4 is 56.6 Å². The van der Waals surface area contributed by atoms with Crippen LogP contribution in [0.3, 0.4) is 0 Å². The van der Waals surface area contributed by atoms with E-state index in [9.17, 15) is 4.79 Å². The van der Waals surface area contributed by atoms with E-state index in [0.717, 1.165) is 43.1 Å². The van der Waals surface area contributed by atoms with E-state index in [1.165, 1.54) is 11.3 Å². The van der Waals surface area contributed by atoms with Gasteiger partial charge in [0.2, 0.25) is 0 Å². The number of hydrogen-bond donors (Lipinski definition) is 0. The Morgan fingerprint density at radius 2 is 2.11 bits per heavy atom. The Bertz CT molecular complexity index is 955. The molecule has 150 valence electrons. The van der Waals surface area contributed by atoms with Crippen LogP contribution in [0.15, 0.2) is 30.5 Å². The molecule has 1 amide bonds. The van der Waals surface area contributed by atoms with Gasteiger partial charge in [0.05, 0.1) is 22.9 Å². The van der Waals surface area contributed by atoms with Crippen molar-refractivity contribution in [3.8, 4) is 0 Å². The zero-order valence-electron chi connectivity index (χ0n) is 15.4. The summed E-state index contributed by atoms with van der Waals surface area (Å²) in [5.41, 5.74) is 1.26. The van der Waals surface area contributed by atoms with E-state index in [1.807, 2.05) is 18.2 Å². The molecular formula is C18H21Cl2N5O2S. The molecule has 3 aromatic rings. The minimum atomic E-state index is -0.113. The van der Waals surface area contributed by atoms with Gasteiger partial charge < -0.3 is 4.74 Å². The lowest BCUT2D eigenvalue weighted by Crippen LogP contribution is -2.43. The SMILES string of the molecule is Cl.Cn1nccc1C(=O)N(CCN1CCOCC1)c1nc2c(Cl)cccc2s1. The fourth-order valence-electron chi connectivity index (χ4n) is 3.09. The second kappa shape index (κ2) is 9.19. The Balaban J connectivity index is 0.00000225. The molecule has 4 rings (SSSR count). The average molecular weight is 442 g/mol. The number of thiazole rings is 1. The number of amides is 1. The van der Waals surface area contributed by atoms with Gasteiger partial charge in [0.25, 0.3) is 5.91 Å². The van der Waals surface area contributed by atoms with Crippen LogP contribution in [-0.2, 0) is 11.8 Å². The van der Waals surface area contributed by atoms with E-state index in [1.54, 1.807) is 28.9 Å². The van der Waals surface area contributed by atoms with Crippen LogP contribution in [0, 0.1) is 0 Å². The van der Waals surface area contributed by atoms with Crippen LogP contribution in [0.5, 0.6) is 0 Å². The first-order valence-electron chi connectivity index (χ1n) is 8.78. The van der Waals surface area contributed by atoms with E-state index in [2.05, 4.69) is 15.0 Å². The van der Waals surface area contributed by atoms with Crippen LogP contribution in [0.4, 0.5) is 5.13 Å². The number of carbonyl (C=O) groups excluding carboxylic acids is 1. The monoisotopic (exact) mass is 441 g/mol. The number of morpholine rings is 1. The first-order valence-corrected chi connectivity index (χ1v) is 9.98. The van der Waals surface area contributed by atoms with Crippen LogP contribution in [0.2, 0.25) is 5.02 Å². The van der Waals surface area contributed by atoms with Crippen LogP contribution in [-0.4, -0.2) is 65.0 Å². The summed E-state index contributed by atoms with van der Waals surface area (Å²) < 4.78 is 7.96. The highest BCUT2D eigenvalue weighted by atomic mass is 35.5. The summed E-state index contributed by atoms with van der Waals surface area (Å²) in [5.74, 6) is -0.113. The standard InChI is InChI=1S/C18H20ClN5O2S.ClH/c1-22-14(5-6-20-22)17(25)24(8-7-23-9-11-26-12-10-23)18-21-16-13(19)3-2-4-15(16)27-18;/h2-6H,7-12H2,1H3;1H. The molecule has 0 atom stereocenters. The minimum Gasteiger partial charge on any atom is -0.379 e. The molecule has 0 saturated carbocycles. The van der Waals surface area contributed by atoms with E-state index < -0.39 is 0 Å². The summed E-state index contributed by atoms with van der Waals surface area (Å²) in [4.78, 5) is 21.9. The summed E-state index contributed by atoms with van der Waals surface area (Å²) >= 11 is 7.76. The lowest BCUT2D eigenvalue weighted by Gasteiger charge is -2.29. The van der Waals surface area contributed by atoms with Crippen molar-refractivity contribution in [2.45, 2.75) is 0 Å². The first-order chi connectivity index (χ1) is 13.1. The third kappa shape index (κ3) is 4.31. The number of carbonyl (C=O) groups is 1. The summed E-state index contributed by atoms with van der Waals surface area (Å²) in [5, 5.41) is 5.37. The topological polar surface area (TPSA) is 63.5 Å². The Morgan fingerprint density at radius 3 is 2.79 bits per heavy atom. The zero-order chi connectivity index (χ0) is 18.8. The number of aryl methyl sites for hydroxylation is 1. The summed E-state index contributed by atoms with van der Waals surface area (Å²) in [6, 6.07) is 7.41. The molecule has 1 aromatic carbocycles. The molecule has 2 aromatic heterocycles. The minimum absolute atomic E-state index is 0. The van der Waals surface area contributed by atoms with Crippen molar-refractivity contribution in [3.63, 3.8) is 0 Å². The Kier molecular flexibility index (Phi) is 6.90. The van der Waals surface area contributed by atoms with Gasteiger partial charge in [-0.15, -0.1) is 12.4 Å². The summed E-state index contributed by atoms with van der Waals surface area (Å²) in [7, 11) is 1.77. The molecule has 1 aliphatic heterocycles. The van der Waals surface area contributed by atoms with Crippen molar-refractivity contribution in [2.24, 2.45) is 7.05 Å². The molecule has 0 bridgehead atoms. The number of hydrogen-bond acceptors (Lipinski definition) is 6. The number of aromatic nitrogens is 3. The second-order valence-electron chi connectivity index (χ2n) is 6.33. The van der Waals surface area contributed by atoms with E-state index >= 15 is 0 Å². The largest absolute Gasteiger partial charge is 0.379 e. The van der Waals surface area contributed by atoms with Crippen LogP contribution in [0.25, 0.3) is 10.2 Å². The van der Waals surface area contributed by atoms with Gasteiger partial charge in [-0.25, -0.2) is 4.98 Å². The number of nitrogens with zero attached hydrogens (tertiary/aromatic N) is 5. The maximum atomic E-state index is 13.2. The number of benzene rings is 1. The van der Waals surface area contributed by atoms with Crippen LogP contribution < -0.4 is 4.90 Å². The van der Waals surface area contributed by atoms with Gasteiger partial charge in [-0.1, -0.05) is 29.0 Å². The van der Waals surface area contributed by atoms with Crippen molar-refractivity contribution in [2.75, 3.05) is 44.3 Å². The van der Waals surface area contributed by atoms with Crippen molar-refractivity contribution in [3.05, 3.63) is 41.2 Å². The van der Waals surface area contributed by atoms with Gasteiger partial charge in [0, 0.05) is 39.4 Å². The molecule has 1 aliphatic rings. The molecule has 3 heterocycles. The smallest absolute Gasteiger partial charge is 0.278 e. The predicted molar refractivity (Wildman–Crippen MR) is 114 cm³/mol. The normalized spacial score (nSPS) is 14.8. The van der Waals surface area contributed by atoms with E-state index in [4.69, 9.17) is 16.3 Å². The predicted octanol–water partition coefficient (Wildman–Crippen LogP) is 3.08. The molecule has 0 radical (unpaired) electrons. The molecule has 0 N–H and O–H groups in total. The Labute approximate surface area is 178 Å². The van der Waals surface area contributed by atoms with E-state index in [-0.39, 0.29) is 18.3 Å². The number of anilines is 1. The van der Waals surface area contributed by atoms with Crippen LogP contribution >= 0.6 is 35.3 Å². The van der Waals surface area contributed by atoms with Gasteiger partial charge in [-0.2, -0.15) is 5.10 Å². The number of rotatable bonds is 5. The Morgan fingerprint density at radius 1 is 1.32 bits per heavy atom.